The molecule has 0 saturated carbocycles. The van der Waals surface area contributed by atoms with Crippen LogP contribution in [0.5, 0.6) is 0 Å². The molecule has 1 heterocycles. The zero-order chi connectivity index (χ0) is 25.9. The average Bonchev–Trinajstić information content (AvgIpc) is 3.11. The van der Waals surface area contributed by atoms with Crippen LogP contribution in [0.3, 0.4) is 0 Å². The molecule has 11 heteroatoms. The molecule has 0 saturated heterocycles. The Morgan fingerprint density at radius 3 is 2.25 bits per heavy atom. The van der Waals surface area contributed by atoms with Gasteiger partial charge in [-0.25, -0.2) is 4.57 Å². The molecule has 2 atom stereocenters. The third-order valence-electron chi connectivity index (χ3n) is 6.15. The molecule has 0 aliphatic carbocycles. The summed E-state index contributed by atoms with van der Waals surface area (Å²) in [6.07, 6.45) is 0. The quantitative estimate of drug-likeness (QED) is 0.174. The number of hydrogen-bond acceptors (Lipinski definition) is 7. The number of carbonyl (C=O) groups is 1. The smallest absolute Gasteiger partial charge is 0.305 e. The fraction of sp³-hybridized carbons (Fsp3) is 0.240. The second kappa shape index (κ2) is 10.6. The van der Waals surface area contributed by atoms with Gasteiger partial charge in [-0.3, -0.25) is 28.5 Å². The number of phosphoric ester groups is 1. The lowest BCUT2D eigenvalue weighted by Crippen LogP contribution is -2.48. The number of hydrogen-bond donors (Lipinski definition) is 0. The highest BCUT2D eigenvalue weighted by Crippen LogP contribution is 2.61. The van der Waals surface area contributed by atoms with Crippen molar-refractivity contribution in [2.75, 3.05) is 25.7 Å². The molecule has 0 spiro atoms. The van der Waals surface area contributed by atoms with Gasteiger partial charge in [0.15, 0.2) is 5.60 Å². The van der Waals surface area contributed by atoms with Gasteiger partial charge in [0.05, 0.1) is 18.2 Å². The normalized spacial score (nSPS) is 18.2. The van der Waals surface area contributed by atoms with E-state index in [-0.39, 0.29) is 6.54 Å². The van der Waals surface area contributed by atoms with Crippen LogP contribution in [-0.4, -0.2) is 31.6 Å². The summed E-state index contributed by atoms with van der Waals surface area (Å²) in [6, 6.07) is 23.0. The molecule has 1 amide bonds. The minimum absolute atomic E-state index is 0.174. The van der Waals surface area contributed by atoms with Gasteiger partial charge in [-0.1, -0.05) is 82.7 Å². The number of para-hydroxylation sites is 1. The van der Waals surface area contributed by atoms with Crippen LogP contribution in [0, 0.1) is 10.1 Å². The van der Waals surface area contributed by atoms with E-state index in [2.05, 4.69) is 15.9 Å². The molecule has 0 unspecified atom stereocenters. The minimum Gasteiger partial charge on any atom is -0.305 e. The van der Waals surface area contributed by atoms with E-state index in [0.717, 1.165) is 19.8 Å². The number of nitrogens with zero attached hydrogens (tertiary/aromatic N) is 2. The van der Waals surface area contributed by atoms with Gasteiger partial charge in [0.25, 0.3) is 5.91 Å². The zero-order valence-electron chi connectivity index (χ0n) is 19.6. The molecule has 3 aromatic carbocycles. The lowest BCUT2D eigenvalue weighted by molar-refractivity contribution is -0.486. The maximum absolute atomic E-state index is 14.4. The Morgan fingerprint density at radius 1 is 1.00 bits per heavy atom. The van der Waals surface area contributed by atoms with Gasteiger partial charge < -0.3 is 4.90 Å². The molecule has 188 valence electrons. The monoisotopic (exact) mass is 574 g/mol. The van der Waals surface area contributed by atoms with Crippen LogP contribution in [0.25, 0.3) is 0 Å². The van der Waals surface area contributed by atoms with Crippen LogP contribution in [0.1, 0.15) is 22.6 Å². The predicted octanol–water partition coefficient (Wildman–Crippen LogP) is 5.67. The molecule has 3 aromatic rings. The third kappa shape index (κ3) is 4.75. The Morgan fingerprint density at radius 2 is 1.61 bits per heavy atom. The van der Waals surface area contributed by atoms with Gasteiger partial charge >= 0.3 is 7.82 Å². The Balaban J connectivity index is 2.00. The highest BCUT2D eigenvalue weighted by molar-refractivity contribution is 9.10. The molecule has 9 nitrogen and oxygen atoms in total. The third-order valence-corrected chi connectivity index (χ3v) is 8.28. The predicted molar refractivity (Wildman–Crippen MR) is 137 cm³/mol. The Hall–Kier alpha value is -2.88. The number of fused-ring (bicyclic) bond motifs is 1. The van der Waals surface area contributed by atoms with E-state index < -0.39 is 36.7 Å². The Kier molecular flexibility index (Phi) is 7.73. The summed E-state index contributed by atoms with van der Waals surface area (Å²) in [4.78, 5) is 27.4. The Bertz CT molecular complexity index is 1310. The van der Waals surface area contributed by atoms with Gasteiger partial charge in [-0.2, -0.15) is 0 Å². The zero-order valence-corrected chi connectivity index (χ0v) is 22.1. The number of phosphoric acid groups is 1. The number of amides is 1. The van der Waals surface area contributed by atoms with Crippen molar-refractivity contribution in [3.8, 4) is 0 Å². The second-order valence-corrected chi connectivity index (χ2v) is 10.8. The van der Waals surface area contributed by atoms with E-state index >= 15 is 0 Å². The van der Waals surface area contributed by atoms with Crippen LogP contribution >= 0.6 is 23.8 Å². The summed E-state index contributed by atoms with van der Waals surface area (Å²) in [5.41, 5.74) is 0.0278. The molecule has 0 fully saturated rings. The second-order valence-electron chi connectivity index (χ2n) is 8.12. The highest BCUT2D eigenvalue weighted by Gasteiger charge is 2.62. The molecule has 0 N–H and O–H groups in total. The van der Waals surface area contributed by atoms with Gasteiger partial charge in [-0.05, 0) is 23.3 Å². The van der Waals surface area contributed by atoms with E-state index in [4.69, 9.17) is 13.6 Å². The average molecular weight is 575 g/mol. The standard InChI is InChI=1S/C25H24BrN2O7P/c1-33-36(32,34-2)35-25(21(17-28(30)31)19-12-6-8-14-22(19)26)20-13-7-9-15-23(20)27(24(25)29)16-18-10-4-3-5-11-18/h3-15,21H,16-17H2,1-2H3/t21-,25-/m1/s1. The topological polar surface area (TPSA) is 108 Å². The number of rotatable bonds is 10. The van der Waals surface area contributed by atoms with Crippen LogP contribution in [-0.2, 0) is 35.1 Å². The summed E-state index contributed by atoms with van der Waals surface area (Å²) < 4.78 is 30.2. The van der Waals surface area contributed by atoms with Crippen LogP contribution in [0.4, 0.5) is 5.69 Å². The number of anilines is 1. The van der Waals surface area contributed by atoms with E-state index in [9.17, 15) is 19.5 Å². The lowest BCUT2D eigenvalue weighted by Gasteiger charge is -2.36. The van der Waals surface area contributed by atoms with Crippen molar-refractivity contribution in [3.63, 3.8) is 0 Å². The van der Waals surface area contributed by atoms with Crippen LogP contribution in [0.15, 0.2) is 83.3 Å². The fourth-order valence-corrected chi connectivity index (χ4v) is 6.05. The molecule has 0 bridgehead atoms. The van der Waals surface area contributed by atoms with Gasteiger partial charge in [0.1, 0.15) is 0 Å². The molecule has 36 heavy (non-hydrogen) atoms. The molecule has 1 aliphatic heterocycles. The van der Waals surface area contributed by atoms with Crippen LogP contribution in [0.2, 0.25) is 0 Å². The number of benzene rings is 3. The first kappa shape index (κ1) is 26.2. The molecule has 0 radical (unpaired) electrons. The van der Waals surface area contributed by atoms with Crippen LogP contribution < -0.4 is 4.90 Å². The summed E-state index contributed by atoms with van der Waals surface area (Å²) in [6.45, 7) is -0.511. The van der Waals surface area contributed by atoms with E-state index in [1.807, 2.05) is 30.3 Å². The molecular formula is C25H24BrN2O7P. The first-order chi connectivity index (χ1) is 17.3. The fourth-order valence-electron chi connectivity index (χ4n) is 4.54. The number of nitro groups is 1. The highest BCUT2D eigenvalue weighted by atomic mass is 79.9. The molecule has 1 aliphatic rings. The van der Waals surface area contributed by atoms with Crippen molar-refractivity contribution >= 4 is 35.3 Å². The van der Waals surface area contributed by atoms with Crippen molar-refractivity contribution in [1.29, 1.82) is 0 Å². The first-order valence-electron chi connectivity index (χ1n) is 11.0. The van der Waals surface area contributed by atoms with E-state index in [1.54, 1.807) is 48.5 Å². The van der Waals surface area contributed by atoms with Gasteiger partial charge in [0, 0.05) is 29.2 Å². The number of carbonyl (C=O) groups excluding carboxylic acids is 1. The molecule has 4 rings (SSSR count). The maximum Gasteiger partial charge on any atom is 0.475 e. The Labute approximate surface area is 216 Å². The van der Waals surface area contributed by atoms with Crippen molar-refractivity contribution in [2.24, 2.45) is 0 Å². The van der Waals surface area contributed by atoms with Crippen molar-refractivity contribution in [1.82, 2.24) is 0 Å². The minimum atomic E-state index is -4.32. The largest absolute Gasteiger partial charge is 0.475 e. The summed E-state index contributed by atoms with van der Waals surface area (Å²) >= 11 is 3.47. The first-order valence-corrected chi connectivity index (χ1v) is 13.2. The summed E-state index contributed by atoms with van der Waals surface area (Å²) in [5.74, 6) is -1.79. The van der Waals surface area contributed by atoms with E-state index in [0.29, 0.717) is 21.3 Å². The molecule has 0 aromatic heterocycles. The van der Waals surface area contributed by atoms with Gasteiger partial charge in [0.2, 0.25) is 6.54 Å². The van der Waals surface area contributed by atoms with Gasteiger partial charge in [-0.15, -0.1) is 0 Å². The number of halogens is 1. The summed E-state index contributed by atoms with van der Waals surface area (Å²) in [5, 5.41) is 12.0. The lowest BCUT2D eigenvalue weighted by atomic mass is 9.78. The van der Waals surface area contributed by atoms with Crippen molar-refractivity contribution < 1.29 is 27.9 Å². The van der Waals surface area contributed by atoms with E-state index in [1.165, 1.54) is 4.90 Å². The van der Waals surface area contributed by atoms with Crippen molar-refractivity contribution in [3.05, 3.63) is 110 Å². The molecular weight excluding hydrogens is 551 g/mol. The van der Waals surface area contributed by atoms with Crippen molar-refractivity contribution in [2.45, 2.75) is 18.1 Å². The maximum atomic E-state index is 14.4. The summed E-state index contributed by atoms with van der Waals surface area (Å²) in [7, 11) is -2.05. The SMILES string of the molecule is COP(=O)(OC)O[C@]1([C@H](C[N+](=O)[O-])c2ccccc2Br)C(=O)N(Cc2ccccc2)c2ccccc21.